The highest BCUT2D eigenvalue weighted by atomic mass is 16.5. The third-order valence-corrected chi connectivity index (χ3v) is 5.41. The number of carbonyl (C=O) groups excluding carboxylic acids is 2. The van der Waals surface area contributed by atoms with E-state index in [0.717, 1.165) is 36.3 Å². The lowest BCUT2D eigenvalue weighted by atomic mass is 9.94. The molecule has 2 fully saturated rings. The van der Waals surface area contributed by atoms with Crippen molar-refractivity contribution in [2.45, 2.75) is 31.6 Å². The molecule has 1 aromatic heterocycles. The summed E-state index contributed by atoms with van der Waals surface area (Å²) in [5.74, 6) is 0.562. The SMILES string of the molecule is COc1ccc(C2(C(=O)N3CCCN3C(=O)c3cccc(C)n3)CC2)cc1. The second-order valence-electron chi connectivity index (χ2n) is 7.18. The Labute approximate surface area is 158 Å². The van der Waals surface area contributed by atoms with Crippen LogP contribution < -0.4 is 4.74 Å². The number of nitrogens with zero attached hydrogens (tertiary/aromatic N) is 3. The van der Waals surface area contributed by atoms with Crippen LogP contribution in [0, 0.1) is 6.92 Å². The first-order valence-corrected chi connectivity index (χ1v) is 9.27. The van der Waals surface area contributed by atoms with Gasteiger partial charge in [-0.05, 0) is 56.0 Å². The molecule has 2 amide bonds. The Morgan fingerprint density at radius 3 is 2.37 bits per heavy atom. The summed E-state index contributed by atoms with van der Waals surface area (Å²) in [4.78, 5) is 30.6. The predicted molar refractivity (Wildman–Crippen MR) is 100 cm³/mol. The molecule has 1 saturated heterocycles. The average molecular weight is 365 g/mol. The minimum absolute atomic E-state index is 0.00571. The zero-order valence-corrected chi connectivity index (χ0v) is 15.6. The molecular weight excluding hydrogens is 342 g/mol. The molecule has 4 rings (SSSR count). The Kier molecular flexibility index (Phi) is 4.34. The molecule has 2 aliphatic rings. The molecule has 0 radical (unpaired) electrons. The molecule has 2 heterocycles. The quantitative estimate of drug-likeness (QED) is 0.836. The lowest BCUT2D eigenvalue weighted by Crippen LogP contribution is -2.49. The van der Waals surface area contributed by atoms with Gasteiger partial charge in [0.25, 0.3) is 11.8 Å². The van der Waals surface area contributed by atoms with Crippen molar-refractivity contribution in [2.75, 3.05) is 20.2 Å². The van der Waals surface area contributed by atoms with E-state index in [4.69, 9.17) is 4.74 Å². The van der Waals surface area contributed by atoms with Gasteiger partial charge in [0.2, 0.25) is 0 Å². The Bertz CT molecular complexity index is 874. The van der Waals surface area contributed by atoms with E-state index in [1.165, 1.54) is 0 Å². The van der Waals surface area contributed by atoms with Crippen LogP contribution in [0.5, 0.6) is 5.75 Å². The summed E-state index contributed by atoms with van der Waals surface area (Å²) in [5, 5.41) is 3.19. The smallest absolute Gasteiger partial charge is 0.291 e. The number of benzene rings is 1. The normalized spacial score (nSPS) is 17.7. The molecule has 27 heavy (non-hydrogen) atoms. The monoisotopic (exact) mass is 365 g/mol. The number of hydrogen-bond donors (Lipinski definition) is 0. The maximum absolute atomic E-state index is 13.4. The maximum atomic E-state index is 13.4. The number of hydrazine groups is 1. The van der Waals surface area contributed by atoms with E-state index in [2.05, 4.69) is 4.98 Å². The first kappa shape index (κ1) is 17.5. The lowest BCUT2D eigenvalue weighted by Gasteiger charge is -2.31. The number of rotatable bonds is 4. The molecule has 1 aliphatic carbocycles. The molecule has 6 heteroatoms. The average Bonchev–Trinajstić information content (AvgIpc) is 3.36. The molecule has 1 aliphatic heterocycles. The molecule has 6 nitrogen and oxygen atoms in total. The van der Waals surface area contributed by atoms with Gasteiger partial charge in [0, 0.05) is 18.8 Å². The summed E-state index contributed by atoms with van der Waals surface area (Å²) >= 11 is 0. The molecule has 0 atom stereocenters. The first-order chi connectivity index (χ1) is 13.0. The Hall–Kier alpha value is -2.89. The van der Waals surface area contributed by atoms with Crippen LogP contribution in [0.3, 0.4) is 0 Å². The highest BCUT2D eigenvalue weighted by Gasteiger charge is 2.55. The molecule has 1 aromatic carbocycles. The van der Waals surface area contributed by atoms with Gasteiger partial charge in [-0.2, -0.15) is 0 Å². The van der Waals surface area contributed by atoms with Crippen LogP contribution in [0.2, 0.25) is 0 Å². The fraction of sp³-hybridized carbons (Fsp3) is 0.381. The Balaban J connectivity index is 1.58. The molecular formula is C21H23N3O3. The van der Waals surface area contributed by atoms with Gasteiger partial charge in [-0.3, -0.25) is 14.6 Å². The largest absolute Gasteiger partial charge is 0.497 e. The van der Waals surface area contributed by atoms with Crippen molar-refractivity contribution < 1.29 is 14.3 Å². The zero-order chi connectivity index (χ0) is 19.0. The van der Waals surface area contributed by atoms with E-state index >= 15 is 0 Å². The summed E-state index contributed by atoms with van der Waals surface area (Å²) in [7, 11) is 1.63. The van der Waals surface area contributed by atoms with Gasteiger partial charge in [-0.25, -0.2) is 9.99 Å². The van der Waals surface area contributed by atoms with E-state index in [1.807, 2.05) is 43.3 Å². The van der Waals surface area contributed by atoms with Crippen LogP contribution in [0.25, 0.3) is 0 Å². The van der Waals surface area contributed by atoms with Gasteiger partial charge in [-0.1, -0.05) is 18.2 Å². The van der Waals surface area contributed by atoms with Gasteiger partial charge < -0.3 is 4.74 Å². The van der Waals surface area contributed by atoms with Crippen molar-refractivity contribution in [1.29, 1.82) is 0 Å². The first-order valence-electron chi connectivity index (χ1n) is 9.27. The number of hydrogen-bond acceptors (Lipinski definition) is 4. The topological polar surface area (TPSA) is 62.7 Å². The number of ether oxygens (including phenoxy) is 1. The molecule has 0 unspecified atom stereocenters. The van der Waals surface area contributed by atoms with Crippen LogP contribution in [-0.2, 0) is 10.2 Å². The molecule has 0 N–H and O–H groups in total. The van der Waals surface area contributed by atoms with E-state index in [1.54, 1.807) is 23.2 Å². The van der Waals surface area contributed by atoms with Crippen LogP contribution >= 0.6 is 0 Å². The second-order valence-corrected chi connectivity index (χ2v) is 7.18. The zero-order valence-electron chi connectivity index (χ0n) is 15.6. The molecule has 2 aromatic rings. The van der Waals surface area contributed by atoms with Gasteiger partial charge >= 0.3 is 0 Å². The summed E-state index contributed by atoms with van der Waals surface area (Å²) in [6.45, 7) is 2.96. The van der Waals surface area contributed by atoms with E-state index in [-0.39, 0.29) is 11.8 Å². The van der Waals surface area contributed by atoms with Gasteiger partial charge in [-0.15, -0.1) is 0 Å². The number of methoxy groups -OCH3 is 1. The summed E-state index contributed by atoms with van der Waals surface area (Å²) < 4.78 is 5.21. The van der Waals surface area contributed by atoms with Crippen LogP contribution in [-0.4, -0.2) is 47.0 Å². The number of aryl methyl sites for hydroxylation is 1. The fourth-order valence-corrected chi connectivity index (χ4v) is 3.74. The van der Waals surface area contributed by atoms with Crippen LogP contribution in [0.4, 0.5) is 0 Å². The van der Waals surface area contributed by atoms with Crippen molar-refractivity contribution in [3.8, 4) is 5.75 Å². The van der Waals surface area contributed by atoms with Crippen molar-refractivity contribution in [3.05, 3.63) is 59.4 Å². The standard InChI is InChI=1S/C21H23N3O3/c1-15-5-3-6-18(22-15)19(25)23-13-4-14-24(23)20(26)21(11-12-21)16-7-9-17(27-2)10-8-16/h3,5-10H,4,11-14H2,1-2H3. The Morgan fingerprint density at radius 2 is 1.74 bits per heavy atom. The summed E-state index contributed by atoms with van der Waals surface area (Å²) in [5.41, 5.74) is 1.63. The highest BCUT2D eigenvalue weighted by molar-refractivity contribution is 5.97. The second kappa shape index (κ2) is 6.68. The summed E-state index contributed by atoms with van der Waals surface area (Å²) in [6, 6.07) is 13.0. The van der Waals surface area contributed by atoms with Gasteiger partial charge in [0.1, 0.15) is 11.4 Å². The summed E-state index contributed by atoms with van der Waals surface area (Å²) in [6.07, 6.45) is 2.39. The van der Waals surface area contributed by atoms with Crippen molar-refractivity contribution in [2.24, 2.45) is 0 Å². The Morgan fingerprint density at radius 1 is 1.04 bits per heavy atom. The molecule has 0 spiro atoms. The van der Waals surface area contributed by atoms with Crippen molar-refractivity contribution in [3.63, 3.8) is 0 Å². The van der Waals surface area contributed by atoms with Crippen LogP contribution in [0.1, 0.15) is 41.0 Å². The highest BCUT2D eigenvalue weighted by Crippen LogP contribution is 2.50. The molecule has 140 valence electrons. The van der Waals surface area contributed by atoms with Gasteiger partial charge in [0.15, 0.2) is 0 Å². The maximum Gasteiger partial charge on any atom is 0.291 e. The van der Waals surface area contributed by atoms with Crippen molar-refractivity contribution in [1.82, 2.24) is 15.0 Å². The van der Waals surface area contributed by atoms with Gasteiger partial charge in [0.05, 0.1) is 12.5 Å². The molecule has 0 bridgehead atoms. The van der Waals surface area contributed by atoms with E-state index in [0.29, 0.717) is 18.8 Å². The molecule has 1 saturated carbocycles. The number of carbonyl (C=O) groups is 2. The minimum atomic E-state index is -0.519. The number of aromatic nitrogens is 1. The van der Waals surface area contributed by atoms with Crippen LogP contribution in [0.15, 0.2) is 42.5 Å². The number of pyridine rings is 1. The fourth-order valence-electron chi connectivity index (χ4n) is 3.74. The van der Waals surface area contributed by atoms with Crippen molar-refractivity contribution >= 4 is 11.8 Å². The third kappa shape index (κ3) is 3.05. The predicted octanol–water partition coefficient (Wildman–Crippen LogP) is 2.72. The van der Waals surface area contributed by atoms with E-state index in [9.17, 15) is 9.59 Å². The minimum Gasteiger partial charge on any atom is -0.497 e. The number of amides is 2. The lowest BCUT2D eigenvalue weighted by molar-refractivity contribution is -0.143. The third-order valence-electron chi connectivity index (χ3n) is 5.41. The van der Waals surface area contributed by atoms with E-state index < -0.39 is 5.41 Å².